The average molecular weight is 316 g/mol. The quantitative estimate of drug-likeness (QED) is 0.778. The van der Waals surface area contributed by atoms with Gasteiger partial charge in [0.2, 0.25) is 0 Å². The number of pyridine rings is 1. The van der Waals surface area contributed by atoms with Crippen LogP contribution in [0.25, 0.3) is 0 Å². The monoisotopic (exact) mass is 316 g/mol. The molecule has 0 fully saturated rings. The molecule has 2 N–H and O–H groups in total. The first kappa shape index (κ1) is 17.0. The number of carbonyl (C=O) groups is 1. The maximum Gasteiger partial charge on any atom is 0.320 e. The molecule has 0 saturated carbocycles. The Labute approximate surface area is 136 Å². The minimum atomic E-state index is -0.236. The van der Waals surface area contributed by atoms with Gasteiger partial charge in [-0.05, 0) is 25.2 Å². The lowest BCUT2D eigenvalue weighted by Crippen LogP contribution is -2.37. The van der Waals surface area contributed by atoms with Crippen molar-refractivity contribution in [3.63, 3.8) is 0 Å². The third-order valence-corrected chi connectivity index (χ3v) is 3.54. The fourth-order valence-corrected chi connectivity index (χ4v) is 2.20. The zero-order valence-corrected chi connectivity index (χ0v) is 13.7. The van der Waals surface area contributed by atoms with E-state index in [1.165, 1.54) is 0 Å². The van der Waals surface area contributed by atoms with Gasteiger partial charge >= 0.3 is 6.03 Å². The van der Waals surface area contributed by atoms with Crippen LogP contribution in [0.5, 0.6) is 0 Å². The highest BCUT2D eigenvalue weighted by molar-refractivity contribution is 5.88. The summed E-state index contributed by atoms with van der Waals surface area (Å²) in [4.78, 5) is 18.3. The first-order chi connectivity index (χ1) is 11.2. The summed E-state index contributed by atoms with van der Waals surface area (Å²) in [5, 5.41) is 9.89. The average Bonchev–Trinajstić information content (AvgIpc) is 2.99. The van der Waals surface area contributed by atoms with Crippen molar-refractivity contribution in [2.24, 2.45) is 0 Å². The second-order valence-electron chi connectivity index (χ2n) is 5.13. The molecule has 0 unspecified atom stereocenters. The molecular formula is C16H24N6O. The fourth-order valence-electron chi connectivity index (χ4n) is 2.20. The van der Waals surface area contributed by atoms with E-state index in [9.17, 15) is 4.79 Å². The SMILES string of the molecule is CCN(CC)CCNC(=O)Nc1ccn(Cc2ccccn2)n1. The molecule has 0 aliphatic heterocycles. The van der Waals surface area contributed by atoms with Gasteiger partial charge < -0.3 is 10.2 Å². The summed E-state index contributed by atoms with van der Waals surface area (Å²) in [5.41, 5.74) is 0.922. The van der Waals surface area contributed by atoms with E-state index in [2.05, 4.69) is 39.5 Å². The van der Waals surface area contributed by atoms with Crippen LogP contribution in [0.4, 0.5) is 10.6 Å². The molecule has 7 nitrogen and oxygen atoms in total. The van der Waals surface area contributed by atoms with E-state index in [0.717, 1.165) is 25.3 Å². The Balaban J connectivity index is 1.76. The predicted molar refractivity (Wildman–Crippen MR) is 90.4 cm³/mol. The highest BCUT2D eigenvalue weighted by Gasteiger charge is 2.06. The van der Waals surface area contributed by atoms with E-state index < -0.39 is 0 Å². The molecule has 2 aromatic rings. The van der Waals surface area contributed by atoms with Crippen LogP contribution in [0.1, 0.15) is 19.5 Å². The van der Waals surface area contributed by atoms with Gasteiger partial charge in [-0.15, -0.1) is 0 Å². The summed E-state index contributed by atoms with van der Waals surface area (Å²) in [7, 11) is 0. The topological polar surface area (TPSA) is 75.1 Å². The van der Waals surface area contributed by atoms with Gasteiger partial charge in [-0.1, -0.05) is 19.9 Å². The highest BCUT2D eigenvalue weighted by Crippen LogP contribution is 2.04. The van der Waals surface area contributed by atoms with Crippen molar-refractivity contribution in [2.75, 3.05) is 31.5 Å². The van der Waals surface area contributed by atoms with Crippen molar-refractivity contribution >= 4 is 11.8 Å². The molecule has 2 amide bonds. The van der Waals surface area contributed by atoms with Gasteiger partial charge in [0.25, 0.3) is 0 Å². The number of hydrogen-bond donors (Lipinski definition) is 2. The summed E-state index contributed by atoms with van der Waals surface area (Å²) < 4.78 is 1.74. The Morgan fingerprint density at radius 3 is 2.78 bits per heavy atom. The number of nitrogens with one attached hydrogen (secondary N) is 2. The van der Waals surface area contributed by atoms with Crippen molar-refractivity contribution in [3.8, 4) is 0 Å². The molecule has 2 heterocycles. The largest absolute Gasteiger partial charge is 0.337 e. The van der Waals surface area contributed by atoms with E-state index in [1.807, 2.05) is 24.4 Å². The van der Waals surface area contributed by atoms with Crippen molar-refractivity contribution in [1.82, 2.24) is 25.0 Å². The maximum absolute atomic E-state index is 11.8. The van der Waals surface area contributed by atoms with Crippen molar-refractivity contribution in [1.29, 1.82) is 0 Å². The number of amides is 2. The van der Waals surface area contributed by atoms with Crippen LogP contribution in [0.2, 0.25) is 0 Å². The normalized spacial score (nSPS) is 10.7. The Hall–Kier alpha value is -2.41. The van der Waals surface area contributed by atoms with Gasteiger partial charge in [-0.25, -0.2) is 4.79 Å². The maximum atomic E-state index is 11.8. The lowest BCUT2D eigenvalue weighted by molar-refractivity contribution is 0.247. The summed E-state index contributed by atoms with van der Waals surface area (Å²) in [6.45, 7) is 8.22. The van der Waals surface area contributed by atoms with E-state index in [0.29, 0.717) is 18.9 Å². The van der Waals surface area contributed by atoms with Crippen LogP contribution < -0.4 is 10.6 Å². The first-order valence-corrected chi connectivity index (χ1v) is 7.91. The van der Waals surface area contributed by atoms with E-state index in [1.54, 1.807) is 16.9 Å². The Kier molecular flexibility index (Phi) is 6.56. The molecule has 0 aliphatic rings. The minimum absolute atomic E-state index is 0.236. The number of anilines is 1. The molecular weight excluding hydrogens is 292 g/mol. The summed E-state index contributed by atoms with van der Waals surface area (Å²) in [6.07, 6.45) is 3.57. The van der Waals surface area contributed by atoms with Crippen molar-refractivity contribution in [3.05, 3.63) is 42.4 Å². The van der Waals surface area contributed by atoms with Crippen molar-refractivity contribution < 1.29 is 4.79 Å². The highest BCUT2D eigenvalue weighted by atomic mass is 16.2. The van der Waals surface area contributed by atoms with Gasteiger partial charge in [0.1, 0.15) is 0 Å². The van der Waals surface area contributed by atoms with Crippen LogP contribution in [0.15, 0.2) is 36.7 Å². The van der Waals surface area contributed by atoms with Gasteiger partial charge in [-0.3, -0.25) is 15.0 Å². The molecule has 0 saturated heterocycles. The third-order valence-electron chi connectivity index (χ3n) is 3.54. The van der Waals surface area contributed by atoms with E-state index in [-0.39, 0.29) is 6.03 Å². The molecule has 2 aromatic heterocycles. The lowest BCUT2D eigenvalue weighted by atomic mass is 10.3. The number of nitrogens with zero attached hydrogens (tertiary/aromatic N) is 4. The fraction of sp³-hybridized carbons (Fsp3) is 0.438. The molecule has 7 heteroatoms. The number of hydrogen-bond acceptors (Lipinski definition) is 4. The van der Waals surface area contributed by atoms with Crippen LogP contribution in [-0.2, 0) is 6.54 Å². The zero-order chi connectivity index (χ0) is 16.5. The number of likely N-dealkylation sites (N-methyl/N-ethyl adjacent to an activating group) is 1. The van der Waals surface area contributed by atoms with E-state index in [4.69, 9.17) is 0 Å². The van der Waals surface area contributed by atoms with E-state index >= 15 is 0 Å². The van der Waals surface area contributed by atoms with Crippen LogP contribution in [0.3, 0.4) is 0 Å². The summed E-state index contributed by atoms with van der Waals surface area (Å²) >= 11 is 0. The molecule has 124 valence electrons. The number of rotatable bonds is 8. The summed E-state index contributed by atoms with van der Waals surface area (Å²) in [5.74, 6) is 0.529. The standard InChI is InChI=1S/C16H24N6O/c1-3-21(4-2)12-10-18-16(23)19-15-8-11-22(20-15)13-14-7-5-6-9-17-14/h5-9,11H,3-4,10,12-13H2,1-2H3,(H2,18,19,20,23). The van der Waals surface area contributed by atoms with Gasteiger partial charge in [0.05, 0.1) is 12.2 Å². The molecule has 0 atom stereocenters. The second kappa shape index (κ2) is 8.89. The zero-order valence-electron chi connectivity index (χ0n) is 13.7. The van der Waals surface area contributed by atoms with Gasteiger partial charge in [-0.2, -0.15) is 5.10 Å². The Morgan fingerprint density at radius 2 is 2.09 bits per heavy atom. The molecule has 0 aromatic carbocycles. The van der Waals surface area contributed by atoms with Gasteiger partial charge in [0.15, 0.2) is 5.82 Å². The van der Waals surface area contributed by atoms with Crippen LogP contribution in [-0.4, -0.2) is 51.9 Å². The number of carbonyl (C=O) groups excluding carboxylic acids is 1. The Bertz CT molecular complexity index is 594. The van der Waals surface area contributed by atoms with Gasteiger partial charge in [0, 0.05) is 31.5 Å². The molecule has 2 rings (SSSR count). The molecule has 0 aliphatic carbocycles. The van der Waals surface area contributed by atoms with Crippen LogP contribution in [0, 0.1) is 0 Å². The van der Waals surface area contributed by atoms with Crippen LogP contribution >= 0.6 is 0 Å². The smallest absolute Gasteiger partial charge is 0.320 e. The predicted octanol–water partition coefficient (Wildman–Crippen LogP) is 1.79. The second-order valence-corrected chi connectivity index (χ2v) is 5.13. The minimum Gasteiger partial charge on any atom is -0.337 e. The molecule has 0 spiro atoms. The molecule has 23 heavy (non-hydrogen) atoms. The number of aromatic nitrogens is 3. The third kappa shape index (κ3) is 5.71. The molecule has 0 bridgehead atoms. The number of urea groups is 1. The van der Waals surface area contributed by atoms with Crippen molar-refractivity contribution in [2.45, 2.75) is 20.4 Å². The lowest BCUT2D eigenvalue weighted by Gasteiger charge is -2.17. The molecule has 0 radical (unpaired) electrons. The first-order valence-electron chi connectivity index (χ1n) is 7.91. The Morgan fingerprint density at radius 1 is 1.26 bits per heavy atom. The summed E-state index contributed by atoms with van der Waals surface area (Å²) in [6, 6.07) is 7.29.